The van der Waals surface area contributed by atoms with Gasteiger partial charge in [0.05, 0.1) is 6.10 Å². The largest absolute Gasteiger partial charge is 0.381 e. The third-order valence-electron chi connectivity index (χ3n) is 4.33. The second kappa shape index (κ2) is 6.43. The highest BCUT2D eigenvalue weighted by Gasteiger charge is 2.25. The molecular formula is C14H24N6O. The lowest BCUT2D eigenvalue weighted by atomic mass is 10.1. The van der Waals surface area contributed by atoms with Gasteiger partial charge in [0.2, 0.25) is 17.8 Å². The van der Waals surface area contributed by atoms with Gasteiger partial charge in [-0.3, -0.25) is 0 Å². The van der Waals surface area contributed by atoms with Crippen LogP contribution in [0.1, 0.15) is 38.5 Å². The number of anilines is 3. The number of nitrogens with two attached hydrogens (primary N) is 1. The number of piperidine rings is 1. The van der Waals surface area contributed by atoms with E-state index in [9.17, 15) is 0 Å². The van der Waals surface area contributed by atoms with Crippen molar-refractivity contribution in [3.8, 4) is 0 Å². The molecule has 0 radical (unpaired) electrons. The molecule has 1 saturated carbocycles. The second-order valence-electron chi connectivity index (χ2n) is 5.88. The Hall–Kier alpha value is -1.63. The molecule has 3 rings (SSSR count). The molecule has 2 fully saturated rings. The Morgan fingerprint density at radius 1 is 1.14 bits per heavy atom. The summed E-state index contributed by atoms with van der Waals surface area (Å²) in [5.41, 5.74) is 5.84. The number of methoxy groups -OCH3 is 1. The summed E-state index contributed by atoms with van der Waals surface area (Å²) in [5.74, 6) is 1.57. The minimum Gasteiger partial charge on any atom is -0.381 e. The molecule has 21 heavy (non-hydrogen) atoms. The fourth-order valence-corrected chi connectivity index (χ4v) is 3.15. The average molecular weight is 292 g/mol. The molecule has 3 N–H and O–H groups in total. The van der Waals surface area contributed by atoms with Gasteiger partial charge in [0.1, 0.15) is 0 Å². The SMILES string of the molecule is COC1CCC(Nc2nc(N)nc(N3CCCCC3)n2)C1. The van der Waals surface area contributed by atoms with Crippen LogP contribution in [0.3, 0.4) is 0 Å². The Bertz CT molecular complexity index is 477. The minimum absolute atomic E-state index is 0.286. The van der Waals surface area contributed by atoms with Crippen LogP contribution in [0.4, 0.5) is 17.8 Å². The van der Waals surface area contributed by atoms with Gasteiger partial charge in [-0.25, -0.2) is 0 Å². The molecular weight excluding hydrogens is 268 g/mol. The maximum atomic E-state index is 5.84. The first-order valence-corrected chi connectivity index (χ1v) is 7.80. The van der Waals surface area contributed by atoms with Crippen LogP contribution in [-0.4, -0.2) is 47.3 Å². The summed E-state index contributed by atoms with van der Waals surface area (Å²) < 4.78 is 5.40. The maximum Gasteiger partial charge on any atom is 0.231 e. The average Bonchev–Trinajstić information content (AvgIpc) is 2.95. The third-order valence-corrected chi connectivity index (χ3v) is 4.33. The van der Waals surface area contributed by atoms with Gasteiger partial charge in [0, 0.05) is 26.2 Å². The zero-order chi connectivity index (χ0) is 14.7. The molecule has 2 aliphatic rings. The van der Waals surface area contributed by atoms with Crippen LogP contribution >= 0.6 is 0 Å². The zero-order valence-electron chi connectivity index (χ0n) is 12.6. The Morgan fingerprint density at radius 2 is 1.95 bits per heavy atom. The van der Waals surface area contributed by atoms with E-state index in [0.29, 0.717) is 24.0 Å². The minimum atomic E-state index is 0.286. The smallest absolute Gasteiger partial charge is 0.231 e. The Kier molecular flexibility index (Phi) is 4.38. The lowest BCUT2D eigenvalue weighted by Gasteiger charge is -2.27. The second-order valence-corrected chi connectivity index (χ2v) is 5.88. The summed E-state index contributed by atoms with van der Waals surface area (Å²) in [5, 5.41) is 3.38. The predicted molar refractivity (Wildman–Crippen MR) is 82.4 cm³/mol. The summed E-state index contributed by atoms with van der Waals surface area (Å²) in [6.07, 6.45) is 7.13. The van der Waals surface area contributed by atoms with Gasteiger partial charge in [0.25, 0.3) is 0 Å². The number of hydrogen-bond donors (Lipinski definition) is 2. The molecule has 0 bridgehead atoms. The fraction of sp³-hybridized carbons (Fsp3) is 0.786. The first-order valence-electron chi connectivity index (χ1n) is 7.80. The number of nitrogens with zero attached hydrogens (tertiary/aromatic N) is 4. The van der Waals surface area contributed by atoms with Gasteiger partial charge in [0.15, 0.2) is 0 Å². The summed E-state index contributed by atoms with van der Waals surface area (Å²) in [6.45, 7) is 2.00. The van der Waals surface area contributed by atoms with Crippen LogP contribution in [0.15, 0.2) is 0 Å². The molecule has 2 unspecified atom stereocenters. The molecule has 116 valence electrons. The zero-order valence-corrected chi connectivity index (χ0v) is 12.6. The van der Waals surface area contributed by atoms with Crippen LogP contribution in [-0.2, 0) is 4.74 Å². The highest BCUT2D eigenvalue weighted by molar-refractivity contribution is 5.42. The molecule has 1 aliphatic heterocycles. The Balaban J connectivity index is 1.69. The van der Waals surface area contributed by atoms with Gasteiger partial charge in [-0.2, -0.15) is 15.0 Å². The standard InChI is InChI=1S/C14H24N6O/c1-21-11-6-5-10(9-11)16-13-17-12(15)18-14(19-13)20-7-3-2-4-8-20/h10-11H,2-9H2,1H3,(H3,15,16,17,18,19). The van der Waals surface area contributed by atoms with E-state index in [0.717, 1.165) is 32.4 Å². The van der Waals surface area contributed by atoms with E-state index in [1.165, 1.54) is 19.3 Å². The van der Waals surface area contributed by atoms with Crippen molar-refractivity contribution < 1.29 is 4.74 Å². The molecule has 2 heterocycles. The van der Waals surface area contributed by atoms with Crippen molar-refractivity contribution in [2.45, 2.75) is 50.7 Å². The molecule has 0 aromatic carbocycles. The van der Waals surface area contributed by atoms with Crippen LogP contribution in [0.2, 0.25) is 0 Å². The van der Waals surface area contributed by atoms with Gasteiger partial charge in [-0.15, -0.1) is 0 Å². The van der Waals surface area contributed by atoms with Crippen molar-refractivity contribution in [1.82, 2.24) is 15.0 Å². The maximum absolute atomic E-state index is 5.84. The highest BCUT2D eigenvalue weighted by atomic mass is 16.5. The first kappa shape index (κ1) is 14.3. The molecule has 0 spiro atoms. The van der Waals surface area contributed by atoms with Crippen molar-refractivity contribution >= 4 is 17.8 Å². The van der Waals surface area contributed by atoms with Gasteiger partial charge >= 0.3 is 0 Å². The normalized spacial score (nSPS) is 26.0. The lowest BCUT2D eigenvalue weighted by molar-refractivity contribution is 0.108. The molecule has 1 aliphatic carbocycles. The van der Waals surface area contributed by atoms with Crippen LogP contribution in [0.25, 0.3) is 0 Å². The van der Waals surface area contributed by atoms with Gasteiger partial charge in [-0.1, -0.05) is 0 Å². The number of nitrogens with one attached hydrogen (secondary N) is 1. The summed E-state index contributed by atoms with van der Waals surface area (Å²) >= 11 is 0. The molecule has 2 atom stereocenters. The quantitative estimate of drug-likeness (QED) is 0.867. The number of ether oxygens (including phenoxy) is 1. The number of nitrogen functional groups attached to an aromatic ring is 1. The highest BCUT2D eigenvalue weighted by Crippen LogP contribution is 2.25. The number of aromatic nitrogens is 3. The van der Waals surface area contributed by atoms with E-state index in [-0.39, 0.29) is 5.95 Å². The van der Waals surface area contributed by atoms with Crippen molar-refractivity contribution in [3.63, 3.8) is 0 Å². The van der Waals surface area contributed by atoms with Crippen molar-refractivity contribution in [2.75, 3.05) is 36.1 Å². The topological polar surface area (TPSA) is 89.2 Å². The number of rotatable bonds is 4. The van der Waals surface area contributed by atoms with Crippen molar-refractivity contribution in [1.29, 1.82) is 0 Å². The molecule has 1 aromatic rings. The molecule has 1 saturated heterocycles. The van der Waals surface area contributed by atoms with Crippen molar-refractivity contribution in [3.05, 3.63) is 0 Å². The van der Waals surface area contributed by atoms with E-state index in [2.05, 4.69) is 25.2 Å². The van der Waals surface area contributed by atoms with E-state index in [1.807, 2.05) is 0 Å². The van der Waals surface area contributed by atoms with E-state index < -0.39 is 0 Å². The molecule has 1 aromatic heterocycles. The summed E-state index contributed by atoms with van der Waals surface area (Å²) in [7, 11) is 1.77. The predicted octanol–water partition coefficient (Wildman–Crippen LogP) is 1.42. The lowest BCUT2D eigenvalue weighted by Crippen LogP contribution is -2.32. The molecule has 7 nitrogen and oxygen atoms in total. The Morgan fingerprint density at radius 3 is 2.67 bits per heavy atom. The van der Waals surface area contributed by atoms with E-state index in [4.69, 9.17) is 10.5 Å². The van der Waals surface area contributed by atoms with Crippen molar-refractivity contribution in [2.24, 2.45) is 0 Å². The van der Waals surface area contributed by atoms with E-state index >= 15 is 0 Å². The first-order chi connectivity index (χ1) is 10.2. The van der Waals surface area contributed by atoms with Crippen LogP contribution in [0, 0.1) is 0 Å². The molecule has 0 amide bonds. The summed E-state index contributed by atoms with van der Waals surface area (Å²) in [6, 6.07) is 0.353. The molecule has 7 heteroatoms. The van der Waals surface area contributed by atoms with Gasteiger partial charge in [-0.05, 0) is 38.5 Å². The number of hydrogen-bond acceptors (Lipinski definition) is 7. The van der Waals surface area contributed by atoms with E-state index in [1.54, 1.807) is 7.11 Å². The van der Waals surface area contributed by atoms with Gasteiger partial charge < -0.3 is 20.7 Å². The summed E-state index contributed by atoms with van der Waals surface area (Å²) in [4.78, 5) is 15.2. The van der Waals surface area contributed by atoms with Crippen LogP contribution < -0.4 is 16.0 Å². The Labute approximate surface area is 125 Å². The monoisotopic (exact) mass is 292 g/mol. The third kappa shape index (κ3) is 3.53. The fourth-order valence-electron chi connectivity index (χ4n) is 3.15. The van der Waals surface area contributed by atoms with Crippen LogP contribution in [0.5, 0.6) is 0 Å².